The van der Waals surface area contributed by atoms with E-state index in [1.54, 1.807) is 18.2 Å². The predicted molar refractivity (Wildman–Crippen MR) is 129 cm³/mol. The zero-order valence-electron chi connectivity index (χ0n) is 19.4. The van der Waals surface area contributed by atoms with Crippen LogP contribution in [-0.2, 0) is 0 Å². The van der Waals surface area contributed by atoms with Gasteiger partial charge in [-0.25, -0.2) is 4.39 Å². The van der Waals surface area contributed by atoms with Crippen molar-refractivity contribution in [1.82, 2.24) is 4.90 Å². The molecule has 0 spiro atoms. The van der Waals surface area contributed by atoms with E-state index in [9.17, 15) is 15.3 Å². The van der Waals surface area contributed by atoms with E-state index in [2.05, 4.69) is 11.8 Å². The molecule has 1 aliphatic heterocycles. The van der Waals surface area contributed by atoms with E-state index in [1.165, 1.54) is 17.0 Å². The highest BCUT2D eigenvalue weighted by atomic mass is 19.1. The number of amidine groups is 1. The predicted octanol–water partition coefficient (Wildman–Crippen LogP) is 2.94. The molecule has 1 aliphatic rings. The Kier molecular flexibility index (Phi) is 7.78. The molecular formula is C24H34FN5O3. The van der Waals surface area contributed by atoms with Crippen molar-refractivity contribution in [3.8, 4) is 11.5 Å². The Bertz CT molecular complexity index is 992. The monoisotopic (exact) mass is 459 g/mol. The molecule has 6 N–H and O–H groups in total. The Hall–Kier alpha value is -2.88. The average Bonchev–Trinajstić information content (AvgIpc) is 2.79. The molecule has 33 heavy (non-hydrogen) atoms. The highest BCUT2D eigenvalue weighted by Gasteiger charge is 2.27. The molecule has 2 aromatic rings. The van der Waals surface area contributed by atoms with Gasteiger partial charge in [-0.3, -0.25) is 5.41 Å². The number of nitrogens with two attached hydrogens (primary N) is 1. The molecule has 1 atom stereocenters. The highest BCUT2D eigenvalue weighted by Crippen LogP contribution is 2.37. The molecule has 1 heterocycles. The second kappa shape index (κ2) is 10.4. The number of phenolic OH excluding ortho intramolecular Hbond substituents is 2. The minimum Gasteiger partial charge on any atom is -0.508 e. The van der Waals surface area contributed by atoms with Crippen molar-refractivity contribution in [3.05, 3.63) is 47.3 Å². The fraction of sp³-hybridized carbons (Fsp3) is 0.458. The molecule has 0 aliphatic carbocycles. The quantitative estimate of drug-likeness (QED) is 0.245. The molecule has 1 unspecified atom stereocenters. The van der Waals surface area contributed by atoms with Gasteiger partial charge in [0.25, 0.3) is 0 Å². The number of hydrogen-bond acceptors (Lipinski definition) is 7. The molecule has 180 valence electrons. The lowest BCUT2D eigenvalue weighted by Crippen LogP contribution is -2.46. The van der Waals surface area contributed by atoms with E-state index in [4.69, 9.17) is 11.1 Å². The minimum absolute atomic E-state index is 0.0350. The van der Waals surface area contributed by atoms with Crippen molar-refractivity contribution in [2.45, 2.75) is 32.9 Å². The zero-order valence-corrected chi connectivity index (χ0v) is 19.4. The number of nitrogens with one attached hydrogen (secondary N) is 1. The molecule has 0 radical (unpaired) electrons. The van der Waals surface area contributed by atoms with E-state index in [1.807, 2.05) is 18.7 Å². The van der Waals surface area contributed by atoms with Gasteiger partial charge in [0.05, 0.1) is 5.69 Å². The number of benzene rings is 2. The minimum atomic E-state index is -1.08. The van der Waals surface area contributed by atoms with Gasteiger partial charge in [0.1, 0.15) is 35.9 Å². The maximum absolute atomic E-state index is 15.2. The summed E-state index contributed by atoms with van der Waals surface area (Å²) in [4.78, 5) is 5.58. The molecular weight excluding hydrogens is 425 g/mol. The van der Waals surface area contributed by atoms with E-state index in [0.717, 1.165) is 32.7 Å². The summed E-state index contributed by atoms with van der Waals surface area (Å²) in [5.41, 5.74) is 8.03. The van der Waals surface area contributed by atoms with Crippen LogP contribution in [0.4, 0.5) is 15.8 Å². The second-order valence-corrected chi connectivity index (χ2v) is 8.60. The first kappa shape index (κ1) is 24.8. The summed E-state index contributed by atoms with van der Waals surface area (Å²) in [7, 11) is 0. The number of anilines is 2. The van der Waals surface area contributed by atoms with Crippen molar-refractivity contribution in [3.63, 3.8) is 0 Å². The largest absolute Gasteiger partial charge is 0.508 e. The molecule has 0 amide bonds. The van der Waals surface area contributed by atoms with Crippen LogP contribution < -0.4 is 15.5 Å². The molecule has 0 saturated carbocycles. The van der Waals surface area contributed by atoms with Crippen molar-refractivity contribution < 1.29 is 19.7 Å². The van der Waals surface area contributed by atoms with Crippen molar-refractivity contribution >= 4 is 17.2 Å². The van der Waals surface area contributed by atoms with Gasteiger partial charge in [-0.2, -0.15) is 0 Å². The Morgan fingerprint density at radius 3 is 2.27 bits per heavy atom. The third-order valence-electron chi connectivity index (χ3n) is 6.20. The second-order valence-electron chi connectivity index (χ2n) is 8.60. The number of hydrogen-bond donors (Lipinski definition) is 5. The summed E-state index contributed by atoms with van der Waals surface area (Å²) in [6.45, 7) is 9.41. The van der Waals surface area contributed by atoms with Crippen LogP contribution in [0.1, 0.15) is 44.0 Å². The molecule has 0 bridgehead atoms. The van der Waals surface area contributed by atoms with Gasteiger partial charge in [0.2, 0.25) is 0 Å². The number of rotatable bonds is 7. The van der Waals surface area contributed by atoms with E-state index >= 15 is 4.39 Å². The summed E-state index contributed by atoms with van der Waals surface area (Å²) < 4.78 is 15.2. The SMILES string of the molecule is CCN1CCN(c2ccc(N(C(=N)CO)C(N)c3cc(C(C)C)c(O)cc3O)cc2F)CC1. The number of phenols is 2. The molecule has 9 heteroatoms. The summed E-state index contributed by atoms with van der Waals surface area (Å²) in [6.07, 6.45) is -1.08. The number of piperazine rings is 1. The molecule has 8 nitrogen and oxygen atoms in total. The average molecular weight is 460 g/mol. The topological polar surface area (TPSA) is 120 Å². The van der Waals surface area contributed by atoms with Crippen LogP contribution >= 0.6 is 0 Å². The first-order valence-corrected chi connectivity index (χ1v) is 11.2. The van der Waals surface area contributed by atoms with E-state index < -0.39 is 18.6 Å². The van der Waals surface area contributed by atoms with Crippen LogP contribution in [0.25, 0.3) is 0 Å². The third-order valence-corrected chi connectivity index (χ3v) is 6.20. The highest BCUT2D eigenvalue weighted by molar-refractivity contribution is 5.97. The fourth-order valence-electron chi connectivity index (χ4n) is 4.22. The Labute approximate surface area is 194 Å². The zero-order chi connectivity index (χ0) is 24.3. The Balaban J connectivity index is 1.95. The number of halogens is 1. The summed E-state index contributed by atoms with van der Waals surface area (Å²) in [6, 6.07) is 7.41. The van der Waals surface area contributed by atoms with Gasteiger partial charge in [0.15, 0.2) is 0 Å². The van der Waals surface area contributed by atoms with Crippen LogP contribution in [0.5, 0.6) is 11.5 Å². The standard InChI is InChI=1S/C24H34FN5O3/c1-4-28-7-9-29(10-8-28)20-6-5-16(11-19(20)25)30(23(26)14-31)24(27)18-12-17(15(2)3)21(32)13-22(18)33/h5-6,11-13,15,24,26,31-33H,4,7-10,14,27H2,1-3H3. The summed E-state index contributed by atoms with van der Waals surface area (Å²) >= 11 is 0. The first-order valence-electron chi connectivity index (χ1n) is 11.2. The van der Waals surface area contributed by atoms with Gasteiger partial charge in [0, 0.05) is 43.5 Å². The van der Waals surface area contributed by atoms with Crippen molar-refractivity contribution in [2.24, 2.45) is 5.73 Å². The van der Waals surface area contributed by atoms with Crippen LogP contribution in [0, 0.1) is 11.2 Å². The number of likely N-dealkylation sites (N-methyl/N-ethyl adjacent to an activating group) is 1. The molecule has 3 rings (SSSR count). The summed E-state index contributed by atoms with van der Waals surface area (Å²) in [5.74, 6) is -1.03. The first-order chi connectivity index (χ1) is 15.7. The third kappa shape index (κ3) is 5.21. The van der Waals surface area contributed by atoms with E-state index in [0.29, 0.717) is 11.3 Å². The smallest absolute Gasteiger partial charge is 0.148 e. The van der Waals surface area contributed by atoms with Gasteiger partial charge >= 0.3 is 0 Å². The fourth-order valence-corrected chi connectivity index (χ4v) is 4.22. The lowest BCUT2D eigenvalue weighted by Gasteiger charge is -2.36. The van der Waals surface area contributed by atoms with Gasteiger partial charge < -0.3 is 35.8 Å². The maximum atomic E-state index is 15.2. The number of aliphatic hydroxyl groups excluding tert-OH is 1. The molecule has 1 saturated heterocycles. The van der Waals surface area contributed by atoms with Gasteiger partial charge in [-0.05, 0) is 42.3 Å². The van der Waals surface area contributed by atoms with E-state index in [-0.39, 0.29) is 34.5 Å². The lowest BCUT2D eigenvalue weighted by molar-refractivity contribution is 0.270. The number of aromatic hydroxyl groups is 2. The Morgan fingerprint density at radius 2 is 1.73 bits per heavy atom. The van der Waals surface area contributed by atoms with Crippen LogP contribution in [0.15, 0.2) is 30.3 Å². The Morgan fingerprint density at radius 1 is 1.09 bits per heavy atom. The van der Waals surface area contributed by atoms with Crippen LogP contribution in [0.2, 0.25) is 0 Å². The number of aliphatic hydroxyl groups is 1. The van der Waals surface area contributed by atoms with Crippen LogP contribution in [-0.4, -0.2) is 65.4 Å². The summed E-state index contributed by atoms with van der Waals surface area (Å²) in [5, 5.41) is 38.5. The van der Waals surface area contributed by atoms with Crippen LogP contribution in [0.3, 0.4) is 0 Å². The molecule has 0 aromatic heterocycles. The normalized spacial score (nSPS) is 15.7. The van der Waals surface area contributed by atoms with Crippen molar-refractivity contribution in [1.29, 1.82) is 5.41 Å². The molecule has 1 fully saturated rings. The van der Waals surface area contributed by atoms with Gasteiger partial charge in [-0.1, -0.05) is 20.8 Å². The lowest BCUT2D eigenvalue weighted by atomic mass is 9.97. The molecule has 2 aromatic carbocycles. The van der Waals surface area contributed by atoms with Gasteiger partial charge in [-0.15, -0.1) is 0 Å². The number of nitrogens with zero attached hydrogens (tertiary/aromatic N) is 3. The maximum Gasteiger partial charge on any atom is 0.148 e. The van der Waals surface area contributed by atoms with Crippen molar-refractivity contribution in [2.75, 3.05) is 49.1 Å².